The van der Waals surface area contributed by atoms with E-state index in [1.807, 2.05) is 65.0 Å². The molecule has 0 unspecified atom stereocenters. The first-order valence-electron chi connectivity index (χ1n) is 7.98. The number of ether oxygens (including phenoxy) is 1. The van der Waals surface area contributed by atoms with Gasteiger partial charge in [0.2, 0.25) is 10.0 Å². The zero-order valence-electron chi connectivity index (χ0n) is 14.9. The lowest BCUT2D eigenvalue weighted by Gasteiger charge is -2.14. The Morgan fingerprint density at radius 2 is 1.50 bits per heavy atom. The quantitative estimate of drug-likeness (QED) is 0.813. The highest BCUT2D eigenvalue weighted by Gasteiger charge is 2.19. The Balaban J connectivity index is 2.00. The fraction of sp³-hybridized carbons (Fsp3) is 0.368. The van der Waals surface area contributed by atoms with Crippen LogP contribution in [0.2, 0.25) is 0 Å². The predicted molar refractivity (Wildman–Crippen MR) is 97.3 cm³/mol. The first kappa shape index (κ1) is 18.5. The zero-order chi connectivity index (χ0) is 17.9. The molecule has 24 heavy (non-hydrogen) atoms. The molecule has 0 aliphatic heterocycles. The summed E-state index contributed by atoms with van der Waals surface area (Å²) in [5, 5.41) is 0. The van der Waals surface area contributed by atoms with Gasteiger partial charge < -0.3 is 4.74 Å². The van der Waals surface area contributed by atoms with Crippen LogP contribution in [0.5, 0.6) is 5.75 Å². The number of hydrogen-bond acceptors (Lipinski definition) is 3. The van der Waals surface area contributed by atoms with Crippen LogP contribution < -0.4 is 9.46 Å². The Morgan fingerprint density at radius 3 is 2.08 bits per heavy atom. The molecule has 4 nitrogen and oxygen atoms in total. The van der Waals surface area contributed by atoms with Crippen LogP contribution in [-0.4, -0.2) is 21.6 Å². The minimum atomic E-state index is -3.54. The molecule has 2 aromatic rings. The molecular weight excluding hydrogens is 322 g/mol. The van der Waals surface area contributed by atoms with Crippen molar-refractivity contribution in [3.63, 3.8) is 0 Å². The summed E-state index contributed by atoms with van der Waals surface area (Å²) in [6.45, 7) is 10.2. The number of rotatable bonds is 6. The molecule has 2 rings (SSSR count). The molecule has 2 aromatic carbocycles. The lowest BCUT2D eigenvalue weighted by Crippen LogP contribution is -2.29. The average molecular weight is 347 g/mol. The van der Waals surface area contributed by atoms with E-state index < -0.39 is 10.0 Å². The van der Waals surface area contributed by atoms with Crippen molar-refractivity contribution in [3.05, 3.63) is 58.1 Å². The fourth-order valence-electron chi connectivity index (χ4n) is 2.81. The molecule has 0 amide bonds. The molecular formula is C19H25NO3S. The number of sulfonamides is 1. The minimum Gasteiger partial charge on any atom is -0.492 e. The second-order valence-electron chi connectivity index (χ2n) is 6.22. The van der Waals surface area contributed by atoms with Crippen molar-refractivity contribution >= 4 is 10.0 Å². The molecule has 0 saturated carbocycles. The third kappa shape index (κ3) is 4.36. The maximum atomic E-state index is 12.5. The van der Waals surface area contributed by atoms with Crippen LogP contribution in [0, 0.1) is 34.6 Å². The Labute approximate surface area is 144 Å². The smallest absolute Gasteiger partial charge is 0.241 e. The largest absolute Gasteiger partial charge is 0.492 e. The van der Waals surface area contributed by atoms with Crippen molar-refractivity contribution in [2.24, 2.45) is 0 Å². The van der Waals surface area contributed by atoms with Crippen LogP contribution >= 0.6 is 0 Å². The average Bonchev–Trinajstić information content (AvgIpc) is 2.45. The number of aryl methyl sites for hydroxylation is 5. The van der Waals surface area contributed by atoms with E-state index in [-0.39, 0.29) is 13.2 Å². The summed E-state index contributed by atoms with van der Waals surface area (Å²) in [5.74, 6) is 0.750. The van der Waals surface area contributed by atoms with Gasteiger partial charge in [-0.2, -0.15) is 0 Å². The van der Waals surface area contributed by atoms with E-state index in [0.29, 0.717) is 4.90 Å². The van der Waals surface area contributed by atoms with Gasteiger partial charge in [-0.1, -0.05) is 23.8 Å². The lowest BCUT2D eigenvalue weighted by atomic mass is 10.1. The molecule has 0 aliphatic rings. The van der Waals surface area contributed by atoms with Crippen LogP contribution in [-0.2, 0) is 10.0 Å². The molecule has 0 heterocycles. The van der Waals surface area contributed by atoms with Crippen LogP contribution in [0.4, 0.5) is 0 Å². The molecule has 0 aliphatic carbocycles. The third-order valence-electron chi connectivity index (χ3n) is 4.01. The fourth-order valence-corrected chi connectivity index (χ4v) is 4.27. The highest BCUT2D eigenvalue weighted by Crippen LogP contribution is 2.21. The highest BCUT2D eigenvalue weighted by atomic mass is 32.2. The summed E-state index contributed by atoms with van der Waals surface area (Å²) < 4.78 is 33.3. The summed E-state index contributed by atoms with van der Waals surface area (Å²) in [7, 11) is -3.54. The van der Waals surface area contributed by atoms with Gasteiger partial charge in [-0.15, -0.1) is 0 Å². The van der Waals surface area contributed by atoms with Gasteiger partial charge in [0.15, 0.2) is 0 Å². The van der Waals surface area contributed by atoms with Crippen molar-refractivity contribution in [1.29, 1.82) is 0 Å². The molecule has 0 bridgehead atoms. The van der Waals surface area contributed by atoms with Crippen molar-refractivity contribution < 1.29 is 13.2 Å². The molecule has 130 valence electrons. The summed E-state index contributed by atoms with van der Waals surface area (Å²) in [6.07, 6.45) is 0. The van der Waals surface area contributed by atoms with E-state index in [0.717, 1.165) is 28.0 Å². The summed E-state index contributed by atoms with van der Waals surface area (Å²) in [6, 6.07) is 9.61. The third-order valence-corrected chi connectivity index (χ3v) is 5.78. The maximum Gasteiger partial charge on any atom is 0.241 e. The van der Waals surface area contributed by atoms with E-state index >= 15 is 0 Å². The SMILES string of the molecule is Cc1cc(C)c(S(=O)(=O)NCCOc2ccc(C)c(C)c2)c(C)c1. The summed E-state index contributed by atoms with van der Waals surface area (Å²) in [5.41, 5.74) is 4.93. The van der Waals surface area contributed by atoms with Gasteiger partial charge in [0.05, 0.1) is 4.90 Å². The van der Waals surface area contributed by atoms with Crippen LogP contribution in [0.3, 0.4) is 0 Å². The minimum absolute atomic E-state index is 0.224. The Morgan fingerprint density at radius 1 is 0.875 bits per heavy atom. The van der Waals surface area contributed by atoms with E-state index in [2.05, 4.69) is 4.72 Å². The first-order valence-corrected chi connectivity index (χ1v) is 9.46. The van der Waals surface area contributed by atoms with Crippen molar-refractivity contribution in [3.8, 4) is 5.75 Å². The highest BCUT2D eigenvalue weighted by molar-refractivity contribution is 7.89. The van der Waals surface area contributed by atoms with E-state index in [1.54, 1.807) is 0 Å². The Bertz CT molecular complexity index is 819. The molecule has 0 aromatic heterocycles. The molecule has 0 radical (unpaired) electrons. The normalized spacial score (nSPS) is 11.5. The van der Waals surface area contributed by atoms with Crippen LogP contribution in [0.25, 0.3) is 0 Å². The summed E-state index contributed by atoms with van der Waals surface area (Å²) >= 11 is 0. The van der Waals surface area contributed by atoms with E-state index in [9.17, 15) is 8.42 Å². The van der Waals surface area contributed by atoms with Crippen LogP contribution in [0.1, 0.15) is 27.8 Å². The van der Waals surface area contributed by atoms with Gasteiger partial charge in [-0.05, 0) is 69.0 Å². The molecule has 0 fully saturated rings. The molecule has 5 heteroatoms. The maximum absolute atomic E-state index is 12.5. The van der Waals surface area contributed by atoms with Crippen molar-refractivity contribution in [2.45, 2.75) is 39.5 Å². The topological polar surface area (TPSA) is 55.4 Å². The van der Waals surface area contributed by atoms with E-state index in [1.165, 1.54) is 5.56 Å². The second kappa shape index (κ2) is 7.36. The van der Waals surface area contributed by atoms with Gasteiger partial charge in [0.25, 0.3) is 0 Å². The van der Waals surface area contributed by atoms with Gasteiger partial charge >= 0.3 is 0 Å². The van der Waals surface area contributed by atoms with Gasteiger partial charge in [0.1, 0.15) is 12.4 Å². The van der Waals surface area contributed by atoms with Crippen molar-refractivity contribution in [1.82, 2.24) is 4.72 Å². The van der Waals surface area contributed by atoms with E-state index in [4.69, 9.17) is 4.74 Å². The lowest BCUT2D eigenvalue weighted by molar-refractivity contribution is 0.322. The number of benzene rings is 2. The Kier molecular flexibility index (Phi) is 5.67. The van der Waals surface area contributed by atoms with Gasteiger partial charge in [-0.3, -0.25) is 0 Å². The van der Waals surface area contributed by atoms with Crippen molar-refractivity contribution in [2.75, 3.05) is 13.2 Å². The second-order valence-corrected chi connectivity index (χ2v) is 7.92. The van der Waals surface area contributed by atoms with Crippen LogP contribution in [0.15, 0.2) is 35.2 Å². The predicted octanol–water partition coefficient (Wildman–Crippen LogP) is 3.59. The first-order chi connectivity index (χ1) is 11.2. The Hall–Kier alpha value is -1.85. The van der Waals surface area contributed by atoms with Gasteiger partial charge in [0, 0.05) is 6.54 Å². The van der Waals surface area contributed by atoms with Gasteiger partial charge in [-0.25, -0.2) is 13.1 Å². The molecule has 0 atom stereocenters. The zero-order valence-corrected chi connectivity index (χ0v) is 15.8. The molecule has 0 spiro atoms. The summed E-state index contributed by atoms with van der Waals surface area (Å²) in [4.78, 5) is 0.360. The standard InChI is InChI=1S/C19H25NO3S/c1-13-10-16(4)19(17(5)11-13)24(21,22)20-8-9-23-18-7-6-14(2)15(3)12-18/h6-7,10-12,20H,8-9H2,1-5H3. The number of nitrogens with one attached hydrogen (secondary N) is 1. The number of hydrogen-bond donors (Lipinski definition) is 1. The monoisotopic (exact) mass is 347 g/mol. The molecule has 1 N–H and O–H groups in total. The molecule has 0 saturated heterocycles.